The lowest BCUT2D eigenvalue weighted by Gasteiger charge is -2.17. The number of carbonyl (C=O) groups excluding carboxylic acids is 2. The fourth-order valence-electron chi connectivity index (χ4n) is 2.36. The zero-order valence-electron chi connectivity index (χ0n) is 11.1. The molecule has 2 heterocycles. The molecule has 1 unspecified atom stereocenters. The van der Waals surface area contributed by atoms with Crippen LogP contribution in [0.5, 0.6) is 0 Å². The Morgan fingerprint density at radius 3 is 2.90 bits per heavy atom. The van der Waals surface area contributed by atoms with E-state index in [9.17, 15) is 14.0 Å². The molecule has 1 fully saturated rings. The molecule has 1 saturated heterocycles. The molecule has 0 spiro atoms. The average molecular weight is 304 g/mol. The predicted octanol–water partition coefficient (Wildman–Crippen LogP) is 2.42. The molecule has 1 aromatic heterocycles. The van der Waals surface area contributed by atoms with Gasteiger partial charge < -0.3 is 10.2 Å². The van der Waals surface area contributed by atoms with Gasteiger partial charge in [-0.15, -0.1) is 11.3 Å². The van der Waals surface area contributed by atoms with Crippen LogP contribution in [0.3, 0.4) is 0 Å². The quantitative estimate of drug-likeness (QED) is 0.947. The molecule has 1 aliphatic rings. The van der Waals surface area contributed by atoms with Crippen LogP contribution < -0.4 is 10.2 Å². The SMILES string of the molecule is O=C(NC1CC(=O)N(c2cccc(F)c2)C1)c1cccs1. The highest BCUT2D eigenvalue weighted by Gasteiger charge is 2.31. The van der Waals surface area contributed by atoms with Gasteiger partial charge in [0.15, 0.2) is 0 Å². The van der Waals surface area contributed by atoms with Crippen molar-refractivity contribution in [2.75, 3.05) is 11.4 Å². The maximum Gasteiger partial charge on any atom is 0.261 e. The number of hydrogen-bond donors (Lipinski definition) is 1. The van der Waals surface area contributed by atoms with Crippen LogP contribution in [-0.4, -0.2) is 24.4 Å². The molecule has 4 nitrogen and oxygen atoms in total. The Hall–Kier alpha value is -2.21. The summed E-state index contributed by atoms with van der Waals surface area (Å²) in [7, 11) is 0. The second-order valence-electron chi connectivity index (χ2n) is 4.84. The highest BCUT2D eigenvalue weighted by molar-refractivity contribution is 7.12. The van der Waals surface area contributed by atoms with Crippen LogP contribution in [0.2, 0.25) is 0 Å². The van der Waals surface area contributed by atoms with E-state index in [4.69, 9.17) is 0 Å². The minimum Gasteiger partial charge on any atom is -0.346 e. The Bertz CT molecular complexity index is 672. The number of nitrogens with one attached hydrogen (secondary N) is 1. The molecule has 1 atom stereocenters. The van der Waals surface area contributed by atoms with E-state index >= 15 is 0 Å². The zero-order valence-corrected chi connectivity index (χ0v) is 11.9. The van der Waals surface area contributed by atoms with Gasteiger partial charge in [0.05, 0.1) is 10.9 Å². The summed E-state index contributed by atoms with van der Waals surface area (Å²) in [4.78, 5) is 26.1. The molecule has 0 aliphatic carbocycles. The topological polar surface area (TPSA) is 49.4 Å². The van der Waals surface area contributed by atoms with Crippen molar-refractivity contribution in [1.29, 1.82) is 0 Å². The number of hydrogen-bond acceptors (Lipinski definition) is 3. The van der Waals surface area contributed by atoms with Gasteiger partial charge in [0.2, 0.25) is 5.91 Å². The first-order chi connectivity index (χ1) is 10.1. The van der Waals surface area contributed by atoms with Crippen LogP contribution in [0.1, 0.15) is 16.1 Å². The van der Waals surface area contributed by atoms with E-state index < -0.39 is 0 Å². The number of anilines is 1. The van der Waals surface area contributed by atoms with Crippen molar-refractivity contribution >= 4 is 28.8 Å². The molecule has 6 heteroatoms. The van der Waals surface area contributed by atoms with Gasteiger partial charge in [0.25, 0.3) is 5.91 Å². The van der Waals surface area contributed by atoms with Crippen LogP contribution in [0.25, 0.3) is 0 Å². The maximum absolute atomic E-state index is 13.2. The summed E-state index contributed by atoms with van der Waals surface area (Å²) in [6.45, 7) is 0.361. The smallest absolute Gasteiger partial charge is 0.261 e. The van der Waals surface area contributed by atoms with E-state index in [-0.39, 0.29) is 30.1 Å². The predicted molar refractivity (Wildman–Crippen MR) is 78.9 cm³/mol. The van der Waals surface area contributed by atoms with E-state index in [0.29, 0.717) is 17.1 Å². The number of amides is 2. The Balaban J connectivity index is 1.69. The average Bonchev–Trinajstić information content (AvgIpc) is 3.08. The number of carbonyl (C=O) groups is 2. The minimum absolute atomic E-state index is 0.114. The molecule has 21 heavy (non-hydrogen) atoms. The fourth-order valence-corrected chi connectivity index (χ4v) is 2.99. The molecule has 1 aliphatic heterocycles. The van der Waals surface area contributed by atoms with Gasteiger partial charge in [0, 0.05) is 18.7 Å². The summed E-state index contributed by atoms with van der Waals surface area (Å²) < 4.78 is 13.2. The van der Waals surface area contributed by atoms with Crippen LogP contribution in [0, 0.1) is 5.82 Å². The third kappa shape index (κ3) is 2.95. The van der Waals surface area contributed by atoms with E-state index in [1.165, 1.54) is 28.4 Å². The van der Waals surface area contributed by atoms with Crippen molar-refractivity contribution in [2.45, 2.75) is 12.5 Å². The largest absolute Gasteiger partial charge is 0.346 e. The van der Waals surface area contributed by atoms with Crippen LogP contribution >= 0.6 is 11.3 Å². The highest BCUT2D eigenvalue weighted by atomic mass is 32.1. The summed E-state index contributed by atoms with van der Waals surface area (Å²) in [5.41, 5.74) is 0.521. The molecule has 2 aromatic rings. The summed E-state index contributed by atoms with van der Waals surface area (Å²) in [6, 6.07) is 9.19. The third-order valence-electron chi connectivity index (χ3n) is 3.33. The van der Waals surface area contributed by atoms with E-state index in [0.717, 1.165) is 0 Å². The van der Waals surface area contributed by atoms with Gasteiger partial charge in [-0.3, -0.25) is 9.59 Å². The summed E-state index contributed by atoms with van der Waals surface area (Å²) in [6.07, 6.45) is 0.230. The molecule has 0 bridgehead atoms. The van der Waals surface area contributed by atoms with Crippen molar-refractivity contribution in [1.82, 2.24) is 5.32 Å². The number of benzene rings is 1. The lowest BCUT2D eigenvalue weighted by atomic mass is 10.2. The van der Waals surface area contributed by atoms with E-state index in [1.807, 2.05) is 5.38 Å². The second kappa shape index (κ2) is 5.65. The number of halogens is 1. The van der Waals surface area contributed by atoms with E-state index in [2.05, 4.69) is 5.32 Å². The summed E-state index contributed by atoms with van der Waals surface area (Å²) >= 11 is 1.35. The van der Waals surface area contributed by atoms with Crippen molar-refractivity contribution in [2.24, 2.45) is 0 Å². The molecule has 0 saturated carbocycles. The third-order valence-corrected chi connectivity index (χ3v) is 4.19. The minimum atomic E-state index is -0.383. The standard InChI is InChI=1S/C15H13FN2O2S/c16-10-3-1-4-12(7-10)18-9-11(8-14(18)19)17-15(20)13-5-2-6-21-13/h1-7,11H,8-9H2,(H,17,20). The molecule has 1 aromatic carbocycles. The van der Waals surface area contributed by atoms with Crippen LogP contribution in [-0.2, 0) is 4.79 Å². The Kier molecular flexibility index (Phi) is 3.70. The Morgan fingerprint density at radius 2 is 2.19 bits per heavy atom. The molecule has 3 rings (SSSR count). The molecular formula is C15H13FN2O2S. The zero-order chi connectivity index (χ0) is 14.8. The maximum atomic E-state index is 13.2. The highest BCUT2D eigenvalue weighted by Crippen LogP contribution is 2.22. The van der Waals surface area contributed by atoms with E-state index in [1.54, 1.807) is 24.3 Å². The lowest BCUT2D eigenvalue weighted by molar-refractivity contribution is -0.117. The number of thiophene rings is 1. The molecular weight excluding hydrogens is 291 g/mol. The van der Waals surface area contributed by atoms with Gasteiger partial charge in [0.1, 0.15) is 5.82 Å². The van der Waals surface area contributed by atoms with Gasteiger partial charge in [-0.05, 0) is 29.6 Å². The van der Waals surface area contributed by atoms with Crippen molar-refractivity contribution in [3.63, 3.8) is 0 Å². The molecule has 1 N–H and O–H groups in total. The molecule has 2 amide bonds. The Morgan fingerprint density at radius 1 is 1.33 bits per heavy atom. The first kappa shape index (κ1) is 13.8. The monoisotopic (exact) mass is 304 g/mol. The van der Waals surface area contributed by atoms with Crippen molar-refractivity contribution < 1.29 is 14.0 Å². The Labute approximate surface area is 125 Å². The first-order valence-corrected chi connectivity index (χ1v) is 7.42. The number of rotatable bonds is 3. The number of nitrogens with zero attached hydrogens (tertiary/aromatic N) is 1. The van der Waals surface area contributed by atoms with Crippen LogP contribution in [0.15, 0.2) is 41.8 Å². The normalized spacial score (nSPS) is 18.0. The lowest BCUT2D eigenvalue weighted by Crippen LogP contribution is -2.36. The summed E-state index contributed by atoms with van der Waals surface area (Å²) in [5, 5.41) is 4.67. The first-order valence-electron chi connectivity index (χ1n) is 6.54. The summed E-state index contributed by atoms with van der Waals surface area (Å²) in [5.74, 6) is -0.674. The van der Waals surface area contributed by atoms with Crippen molar-refractivity contribution in [3.05, 3.63) is 52.5 Å². The van der Waals surface area contributed by atoms with Gasteiger partial charge in [-0.25, -0.2) is 4.39 Å². The molecule has 0 radical (unpaired) electrons. The molecule has 108 valence electrons. The van der Waals surface area contributed by atoms with Crippen molar-refractivity contribution in [3.8, 4) is 0 Å². The van der Waals surface area contributed by atoms with Crippen LogP contribution in [0.4, 0.5) is 10.1 Å². The fraction of sp³-hybridized carbons (Fsp3) is 0.200. The van der Waals surface area contributed by atoms with Gasteiger partial charge >= 0.3 is 0 Å². The second-order valence-corrected chi connectivity index (χ2v) is 5.78. The van der Waals surface area contributed by atoms with Gasteiger partial charge in [-0.1, -0.05) is 12.1 Å². The van der Waals surface area contributed by atoms with Gasteiger partial charge in [-0.2, -0.15) is 0 Å².